The summed E-state index contributed by atoms with van der Waals surface area (Å²) in [4.78, 5) is 0.930. The summed E-state index contributed by atoms with van der Waals surface area (Å²) in [5.74, 6) is 0. The van der Waals surface area contributed by atoms with Gasteiger partial charge in [0, 0.05) is 5.41 Å². The molecule has 1 aromatic rings. The van der Waals surface area contributed by atoms with E-state index in [2.05, 4.69) is 37.3 Å². The van der Waals surface area contributed by atoms with Crippen molar-refractivity contribution in [3.63, 3.8) is 0 Å². The number of hydrogen-bond acceptors (Lipinski definition) is 4. The van der Waals surface area contributed by atoms with Crippen LogP contribution >= 0.6 is 11.5 Å². The molecule has 0 aliphatic heterocycles. The topological polar surface area (TPSA) is 46.0 Å². The summed E-state index contributed by atoms with van der Waals surface area (Å²) in [5, 5.41) is 14.0. The summed E-state index contributed by atoms with van der Waals surface area (Å²) in [6, 6.07) is 0. The van der Waals surface area contributed by atoms with Gasteiger partial charge in [0.2, 0.25) is 0 Å². The third-order valence-corrected chi connectivity index (χ3v) is 2.91. The van der Waals surface area contributed by atoms with Gasteiger partial charge in [-0.15, -0.1) is 5.10 Å². The molecule has 1 unspecified atom stereocenters. The molecule has 3 nitrogen and oxygen atoms in total. The molecule has 80 valence electrons. The van der Waals surface area contributed by atoms with Gasteiger partial charge in [-0.1, -0.05) is 38.6 Å². The minimum atomic E-state index is -0.394. The zero-order valence-electron chi connectivity index (χ0n) is 9.24. The Morgan fingerprint density at radius 3 is 2.57 bits per heavy atom. The number of aliphatic hydroxyl groups is 1. The highest BCUT2D eigenvalue weighted by atomic mass is 32.1. The summed E-state index contributed by atoms with van der Waals surface area (Å²) >= 11 is 1.31. The van der Waals surface area contributed by atoms with Crippen LogP contribution in [-0.4, -0.2) is 14.7 Å². The van der Waals surface area contributed by atoms with Crippen molar-refractivity contribution in [2.75, 3.05) is 0 Å². The van der Waals surface area contributed by atoms with Crippen LogP contribution in [0.3, 0.4) is 0 Å². The Morgan fingerprint density at radius 2 is 2.07 bits per heavy atom. The summed E-state index contributed by atoms with van der Waals surface area (Å²) in [6.07, 6.45) is 1.37. The second-order valence-corrected chi connectivity index (χ2v) is 5.33. The third-order valence-electron chi connectivity index (χ3n) is 2.09. The van der Waals surface area contributed by atoms with E-state index in [0.717, 1.165) is 23.4 Å². The predicted octanol–water partition coefficient (Wildman–Crippen LogP) is 2.67. The van der Waals surface area contributed by atoms with Crippen LogP contribution in [-0.2, 0) is 5.41 Å². The monoisotopic (exact) mass is 214 g/mol. The van der Waals surface area contributed by atoms with Gasteiger partial charge in [0.05, 0.1) is 16.7 Å². The molecular weight excluding hydrogens is 196 g/mol. The first-order chi connectivity index (χ1) is 6.46. The SMILES string of the molecule is CCCC(O)c1snnc1C(C)(C)C. The number of aliphatic hydroxyl groups excluding tert-OH is 1. The molecule has 0 aromatic carbocycles. The number of rotatable bonds is 3. The van der Waals surface area contributed by atoms with Gasteiger partial charge in [0.25, 0.3) is 0 Å². The van der Waals surface area contributed by atoms with Crippen LogP contribution in [0.4, 0.5) is 0 Å². The fraction of sp³-hybridized carbons (Fsp3) is 0.800. The average molecular weight is 214 g/mol. The quantitative estimate of drug-likeness (QED) is 0.841. The minimum absolute atomic E-state index is 0.0307. The maximum atomic E-state index is 9.88. The van der Waals surface area contributed by atoms with Gasteiger partial charge in [-0.25, -0.2) is 0 Å². The Bertz CT molecular complexity index is 291. The third kappa shape index (κ3) is 2.51. The van der Waals surface area contributed by atoms with E-state index in [-0.39, 0.29) is 5.41 Å². The van der Waals surface area contributed by atoms with Crippen LogP contribution in [0.2, 0.25) is 0 Å². The van der Waals surface area contributed by atoms with Crippen LogP contribution < -0.4 is 0 Å². The van der Waals surface area contributed by atoms with Crippen LogP contribution in [0.5, 0.6) is 0 Å². The van der Waals surface area contributed by atoms with Crippen molar-refractivity contribution in [3.8, 4) is 0 Å². The molecule has 0 aliphatic rings. The van der Waals surface area contributed by atoms with Gasteiger partial charge >= 0.3 is 0 Å². The number of nitrogens with zero attached hydrogens (tertiary/aromatic N) is 2. The molecular formula is C10H18N2OS. The summed E-state index contributed by atoms with van der Waals surface area (Å²) in [6.45, 7) is 8.33. The van der Waals surface area contributed by atoms with E-state index in [0.29, 0.717) is 0 Å². The lowest BCUT2D eigenvalue weighted by Crippen LogP contribution is -2.15. The average Bonchev–Trinajstić information content (AvgIpc) is 2.50. The Kier molecular flexibility index (Phi) is 3.61. The van der Waals surface area contributed by atoms with Crippen LogP contribution in [0, 0.1) is 0 Å². The highest BCUT2D eigenvalue weighted by Crippen LogP contribution is 2.31. The van der Waals surface area contributed by atoms with Gasteiger partial charge in [-0.05, 0) is 18.0 Å². The van der Waals surface area contributed by atoms with Gasteiger partial charge < -0.3 is 5.11 Å². The molecule has 0 fully saturated rings. The van der Waals surface area contributed by atoms with Crippen molar-refractivity contribution in [2.45, 2.75) is 52.1 Å². The largest absolute Gasteiger partial charge is 0.387 e. The van der Waals surface area contributed by atoms with Crippen molar-refractivity contribution in [1.82, 2.24) is 9.59 Å². The lowest BCUT2D eigenvalue weighted by atomic mass is 9.90. The smallest absolute Gasteiger partial charge is 0.0917 e. The first-order valence-corrected chi connectivity index (χ1v) is 5.75. The lowest BCUT2D eigenvalue weighted by Gasteiger charge is -2.18. The predicted molar refractivity (Wildman–Crippen MR) is 58.5 cm³/mol. The molecule has 1 aromatic heterocycles. The van der Waals surface area contributed by atoms with Crippen molar-refractivity contribution in [2.24, 2.45) is 0 Å². The molecule has 1 rings (SSSR count). The fourth-order valence-corrected chi connectivity index (χ4v) is 2.22. The van der Waals surface area contributed by atoms with Crippen molar-refractivity contribution >= 4 is 11.5 Å². The molecule has 14 heavy (non-hydrogen) atoms. The number of aromatic nitrogens is 2. The molecule has 4 heteroatoms. The van der Waals surface area contributed by atoms with E-state index in [9.17, 15) is 5.11 Å². The standard InChI is InChI=1S/C10H18N2OS/c1-5-6-7(13)8-9(10(2,3)4)11-12-14-8/h7,13H,5-6H2,1-4H3. The second-order valence-electron chi connectivity index (χ2n) is 4.54. The molecule has 0 saturated carbocycles. The van der Waals surface area contributed by atoms with E-state index < -0.39 is 6.10 Å². The maximum Gasteiger partial charge on any atom is 0.0917 e. The summed E-state index contributed by atoms with van der Waals surface area (Å²) in [5.41, 5.74) is 0.903. The van der Waals surface area contributed by atoms with Crippen molar-refractivity contribution in [1.29, 1.82) is 0 Å². The Hall–Kier alpha value is -0.480. The molecule has 0 aliphatic carbocycles. The number of hydrogen-bond donors (Lipinski definition) is 1. The molecule has 0 radical (unpaired) electrons. The summed E-state index contributed by atoms with van der Waals surface area (Å²) < 4.78 is 3.92. The first kappa shape index (κ1) is 11.6. The molecule has 0 amide bonds. The van der Waals surface area contributed by atoms with E-state index in [1.165, 1.54) is 11.5 Å². The van der Waals surface area contributed by atoms with Crippen LogP contribution in [0.1, 0.15) is 57.2 Å². The van der Waals surface area contributed by atoms with Gasteiger partial charge in [0.15, 0.2) is 0 Å². The first-order valence-electron chi connectivity index (χ1n) is 4.97. The Balaban J connectivity index is 2.93. The van der Waals surface area contributed by atoms with Gasteiger partial charge in [-0.3, -0.25) is 0 Å². The van der Waals surface area contributed by atoms with Crippen LogP contribution in [0.25, 0.3) is 0 Å². The van der Waals surface area contributed by atoms with Gasteiger partial charge in [0.1, 0.15) is 0 Å². The van der Waals surface area contributed by atoms with Gasteiger partial charge in [-0.2, -0.15) is 0 Å². The molecule has 1 atom stereocenters. The molecule has 0 bridgehead atoms. The van der Waals surface area contributed by atoms with Crippen molar-refractivity contribution < 1.29 is 5.11 Å². The van der Waals surface area contributed by atoms with E-state index in [4.69, 9.17) is 0 Å². The molecule has 0 saturated heterocycles. The van der Waals surface area contributed by atoms with E-state index in [1.807, 2.05) is 0 Å². The molecule has 1 heterocycles. The Labute approximate surface area is 89.3 Å². The zero-order valence-corrected chi connectivity index (χ0v) is 10.1. The minimum Gasteiger partial charge on any atom is -0.387 e. The van der Waals surface area contributed by atoms with E-state index in [1.54, 1.807) is 0 Å². The summed E-state index contributed by atoms with van der Waals surface area (Å²) in [7, 11) is 0. The lowest BCUT2D eigenvalue weighted by molar-refractivity contribution is 0.167. The normalized spacial score (nSPS) is 14.4. The molecule has 0 spiro atoms. The van der Waals surface area contributed by atoms with Crippen LogP contribution in [0.15, 0.2) is 0 Å². The second kappa shape index (κ2) is 4.36. The fourth-order valence-electron chi connectivity index (χ4n) is 1.34. The van der Waals surface area contributed by atoms with E-state index >= 15 is 0 Å². The Morgan fingerprint density at radius 1 is 1.43 bits per heavy atom. The zero-order chi connectivity index (χ0) is 10.8. The van der Waals surface area contributed by atoms with Crippen molar-refractivity contribution in [3.05, 3.63) is 10.6 Å². The highest BCUT2D eigenvalue weighted by molar-refractivity contribution is 7.05. The maximum absolute atomic E-state index is 9.88. The molecule has 1 N–H and O–H groups in total. The highest BCUT2D eigenvalue weighted by Gasteiger charge is 2.25.